The Hall–Kier alpha value is -0.0900. The number of hydrogen-bond acceptors (Lipinski definition) is 2. The van der Waals surface area contributed by atoms with Crippen molar-refractivity contribution < 1.29 is 9.53 Å². The summed E-state index contributed by atoms with van der Waals surface area (Å²) < 4.78 is 5.41. The van der Waals surface area contributed by atoms with Crippen molar-refractivity contribution in [2.45, 2.75) is 45.8 Å². The van der Waals surface area contributed by atoms with Crippen LogP contribution in [0.5, 0.6) is 0 Å². The predicted octanol–water partition coefficient (Wildman–Crippen LogP) is 2.34. The van der Waals surface area contributed by atoms with E-state index in [-0.39, 0.29) is 24.0 Å². The lowest BCUT2D eigenvalue weighted by Gasteiger charge is -2.20. The van der Waals surface area contributed by atoms with Gasteiger partial charge in [-0.15, -0.1) is 0 Å². The van der Waals surface area contributed by atoms with Gasteiger partial charge in [0.1, 0.15) is 0 Å². The number of carbonyl (C=O) groups is 1. The standard InChI is InChI=1S/C12H22BrNO2/c1-8(2)4-11(6-13)14-12(15)10-5-9(3)16-7-10/h8-11H,4-7H2,1-3H3,(H,14,15). The van der Waals surface area contributed by atoms with E-state index in [1.807, 2.05) is 6.92 Å². The largest absolute Gasteiger partial charge is 0.378 e. The maximum absolute atomic E-state index is 11.9. The maximum Gasteiger partial charge on any atom is 0.225 e. The van der Waals surface area contributed by atoms with E-state index in [0.29, 0.717) is 12.5 Å². The molecule has 1 heterocycles. The zero-order valence-electron chi connectivity index (χ0n) is 10.3. The van der Waals surface area contributed by atoms with Gasteiger partial charge in [0, 0.05) is 11.4 Å². The fourth-order valence-corrected chi connectivity index (χ4v) is 2.47. The molecule has 0 radical (unpaired) electrons. The summed E-state index contributed by atoms with van der Waals surface area (Å²) in [5.41, 5.74) is 0. The van der Waals surface area contributed by atoms with Gasteiger partial charge in [-0.05, 0) is 25.7 Å². The molecule has 1 N–H and O–H groups in total. The fourth-order valence-electron chi connectivity index (χ4n) is 2.05. The molecule has 0 saturated carbocycles. The average molecular weight is 292 g/mol. The van der Waals surface area contributed by atoms with Gasteiger partial charge in [-0.25, -0.2) is 0 Å². The van der Waals surface area contributed by atoms with Gasteiger partial charge in [0.05, 0.1) is 18.6 Å². The number of amides is 1. The van der Waals surface area contributed by atoms with Crippen LogP contribution in [0.4, 0.5) is 0 Å². The van der Waals surface area contributed by atoms with Crippen LogP contribution in [0.15, 0.2) is 0 Å². The molecule has 1 amide bonds. The minimum absolute atomic E-state index is 0.0451. The average Bonchev–Trinajstić information content (AvgIpc) is 2.63. The molecular formula is C12H22BrNO2. The molecule has 0 aromatic heterocycles. The van der Waals surface area contributed by atoms with Crippen LogP contribution in [0, 0.1) is 11.8 Å². The van der Waals surface area contributed by atoms with Crippen molar-refractivity contribution in [2.75, 3.05) is 11.9 Å². The van der Waals surface area contributed by atoms with Gasteiger partial charge in [0.2, 0.25) is 5.91 Å². The molecule has 16 heavy (non-hydrogen) atoms. The molecule has 3 atom stereocenters. The Morgan fingerprint density at radius 3 is 2.69 bits per heavy atom. The highest BCUT2D eigenvalue weighted by atomic mass is 79.9. The molecule has 94 valence electrons. The zero-order valence-corrected chi connectivity index (χ0v) is 11.9. The van der Waals surface area contributed by atoms with Crippen molar-refractivity contribution in [1.29, 1.82) is 0 Å². The van der Waals surface area contributed by atoms with Crippen molar-refractivity contribution in [1.82, 2.24) is 5.32 Å². The Kier molecular flexibility index (Phi) is 5.76. The summed E-state index contributed by atoms with van der Waals surface area (Å²) in [4.78, 5) is 11.9. The van der Waals surface area contributed by atoms with E-state index < -0.39 is 0 Å². The van der Waals surface area contributed by atoms with Crippen molar-refractivity contribution in [3.63, 3.8) is 0 Å². The van der Waals surface area contributed by atoms with Crippen LogP contribution in [0.1, 0.15) is 33.6 Å². The molecule has 0 bridgehead atoms. The Morgan fingerprint density at radius 1 is 1.56 bits per heavy atom. The molecule has 0 spiro atoms. The van der Waals surface area contributed by atoms with Crippen molar-refractivity contribution in [3.8, 4) is 0 Å². The second kappa shape index (κ2) is 6.60. The molecule has 0 aromatic carbocycles. The molecular weight excluding hydrogens is 270 g/mol. The Balaban J connectivity index is 2.36. The Morgan fingerprint density at radius 2 is 2.25 bits per heavy atom. The summed E-state index contributed by atoms with van der Waals surface area (Å²) in [6, 6.07) is 0.239. The predicted molar refractivity (Wildman–Crippen MR) is 68.7 cm³/mol. The second-order valence-corrected chi connectivity index (χ2v) is 5.71. The van der Waals surface area contributed by atoms with Gasteiger partial charge >= 0.3 is 0 Å². The third-order valence-corrected chi connectivity index (χ3v) is 3.64. The van der Waals surface area contributed by atoms with Crippen molar-refractivity contribution in [2.24, 2.45) is 11.8 Å². The van der Waals surface area contributed by atoms with E-state index >= 15 is 0 Å². The van der Waals surface area contributed by atoms with Crippen molar-refractivity contribution >= 4 is 21.8 Å². The first-order chi connectivity index (χ1) is 7.52. The summed E-state index contributed by atoms with van der Waals surface area (Å²) in [5.74, 6) is 0.791. The highest BCUT2D eigenvalue weighted by molar-refractivity contribution is 9.09. The first kappa shape index (κ1) is 14.0. The molecule has 1 aliphatic heterocycles. The first-order valence-electron chi connectivity index (χ1n) is 6.00. The molecule has 4 heteroatoms. The summed E-state index contributed by atoms with van der Waals surface area (Å²) in [6.45, 7) is 6.93. The van der Waals surface area contributed by atoms with Crippen LogP contribution in [-0.4, -0.2) is 30.0 Å². The molecule has 1 aliphatic rings. The number of rotatable bonds is 5. The number of ether oxygens (including phenoxy) is 1. The summed E-state index contributed by atoms with van der Waals surface area (Å²) in [6.07, 6.45) is 2.09. The number of nitrogens with one attached hydrogen (secondary N) is 1. The van der Waals surface area contributed by atoms with E-state index in [1.165, 1.54) is 0 Å². The van der Waals surface area contributed by atoms with Crippen LogP contribution >= 0.6 is 15.9 Å². The number of hydrogen-bond donors (Lipinski definition) is 1. The highest BCUT2D eigenvalue weighted by Crippen LogP contribution is 2.19. The third-order valence-electron chi connectivity index (χ3n) is 2.86. The smallest absolute Gasteiger partial charge is 0.225 e. The topological polar surface area (TPSA) is 38.3 Å². The lowest BCUT2D eigenvalue weighted by molar-refractivity contribution is -0.125. The van der Waals surface area contributed by atoms with Crippen LogP contribution in [0.2, 0.25) is 0 Å². The Labute approximate surface area is 106 Å². The number of alkyl halides is 1. The molecule has 0 aliphatic carbocycles. The quantitative estimate of drug-likeness (QED) is 0.790. The van der Waals surface area contributed by atoms with Crippen molar-refractivity contribution in [3.05, 3.63) is 0 Å². The minimum atomic E-state index is 0.0451. The van der Waals surface area contributed by atoms with E-state index in [2.05, 4.69) is 35.1 Å². The summed E-state index contributed by atoms with van der Waals surface area (Å²) >= 11 is 3.45. The van der Waals surface area contributed by atoms with Gasteiger partial charge in [-0.2, -0.15) is 0 Å². The normalized spacial score (nSPS) is 27.1. The van der Waals surface area contributed by atoms with E-state index in [0.717, 1.165) is 18.2 Å². The highest BCUT2D eigenvalue weighted by Gasteiger charge is 2.29. The number of carbonyl (C=O) groups excluding carboxylic acids is 1. The molecule has 3 unspecified atom stereocenters. The SMILES string of the molecule is CC(C)CC(CBr)NC(=O)C1COC(C)C1. The third kappa shape index (κ3) is 4.42. The second-order valence-electron chi connectivity index (χ2n) is 5.07. The van der Waals surface area contributed by atoms with E-state index in [4.69, 9.17) is 4.74 Å². The van der Waals surface area contributed by atoms with Gasteiger partial charge in [0.25, 0.3) is 0 Å². The van der Waals surface area contributed by atoms with Crippen LogP contribution in [0.25, 0.3) is 0 Å². The Bertz CT molecular complexity index is 233. The van der Waals surface area contributed by atoms with E-state index in [1.54, 1.807) is 0 Å². The lowest BCUT2D eigenvalue weighted by Crippen LogP contribution is -2.40. The zero-order chi connectivity index (χ0) is 12.1. The minimum Gasteiger partial charge on any atom is -0.378 e. The van der Waals surface area contributed by atoms with Crippen LogP contribution < -0.4 is 5.32 Å². The fraction of sp³-hybridized carbons (Fsp3) is 0.917. The summed E-state index contributed by atoms with van der Waals surface area (Å²) in [5, 5.41) is 3.91. The summed E-state index contributed by atoms with van der Waals surface area (Å²) in [7, 11) is 0. The molecule has 3 nitrogen and oxygen atoms in total. The molecule has 1 fully saturated rings. The monoisotopic (exact) mass is 291 g/mol. The first-order valence-corrected chi connectivity index (χ1v) is 7.13. The van der Waals surface area contributed by atoms with Crippen LogP contribution in [0.3, 0.4) is 0 Å². The lowest BCUT2D eigenvalue weighted by atomic mass is 10.0. The van der Waals surface area contributed by atoms with Gasteiger partial charge < -0.3 is 10.1 Å². The van der Waals surface area contributed by atoms with E-state index in [9.17, 15) is 4.79 Å². The maximum atomic E-state index is 11.9. The van der Waals surface area contributed by atoms with Gasteiger partial charge in [0.15, 0.2) is 0 Å². The van der Waals surface area contributed by atoms with Crippen LogP contribution in [-0.2, 0) is 9.53 Å². The molecule has 0 aromatic rings. The van der Waals surface area contributed by atoms with Gasteiger partial charge in [-0.1, -0.05) is 29.8 Å². The van der Waals surface area contributed by atoms with Gasteiger partial charge in [-0.3, -0.25) is 4.79 Å². The molecule has 1 saturated heterocycles. The molecule has 1 rings (SSSR count). The number of halogens is 1.